The molecule has 2 fully saturated rings. The maximum Gasteiger partial charge on any atom is 0.213 e. The molecule has 2 aliphatic heterocycles. The van der Waals surface area contributed by atoms with Crippen LogP contribution in [0, 0.1) is 5.92 Å². The zero-order valence-corrected chi connectivity index (χ0v) is 17.6. The van der Waals surface area contributed by atoms with Crippen LogP contribution in [0.2, 0.25) is 0 Å². The number of hydrogen-bond acceptors (Lipinski definition) is 4. The van der Waals surface area contributed by atoms with Crippen molar-refractivity contribution in [2.45, 2.75) is 45.1 Å². The Morgan fingerprint density at radius 2 is 2.00 bits per heavy atom. The molecule has 9 heteroatoms. The molecule has 2 saturated heterocycles. The average molecular weight is 474 g/mol. The van der Waals surface area contributed by atoms with Gasteiger partial charge in [0, 0.05) is 26.2 Å². The standard InChI is InChI=1S/C15H30N4O3S.HI/c1-13-5-8-19(9-6-13)15(16)17-7-11-23(20,21)18-12-14-4-2-3-10-22-14;/h13-14,18H,2-12H2,1H3,(H2,16,17);1H. The summed E-state index contributed by atoms with van der Waals surface area (Å²) in [4.78, 5) is 6.26. The topological polar surface area (TPSA) is 97.0 Å². The van der Waals surface area contributed by atoms with E-state index in [1.165, 1.54) is 0 Å². The molecule has 24 heavy (non-hydrogen) atoms. The monoisotopic (exact) mass is 474 g/mol. The average Bonchev–Trinajstić information content (AvgIpc) is 2.54. The summed E-state index contributed by atoms with van der Waals surface area (Å²) in [5.41, 5.74) is 5.95. The zero-order valence-electron chi connectivity index (χ0n) is 14.4. The summed E-state index contributed by atoms with van der Waals surface area (Å²) in [7, 11) is -3.33. The molecular weight excluding hydrogens is 443 g/mol. The van der Waals surface area contributed by atoms with Crippen LogP contribution in [0.4, 0.5) is 0 Å². The highest BCUT2D eigenvalue weighted by molar-refractivity contribution is 14.0. The van der Waals surface area contributed by atoms with Crippen LogP contribution in [-0.2, 0) is 14.8 Å². The summed E-state index contributed by atoms with van der Waals surface area (Å²) in [6, 6.07) is 0. The van der Waals surface area contributed by atoms with Gasteiger partial charge < -0.3 is 15.4 Å². The van der Waals surface area contributed by atoms with Crippen molar-refractivity contribution in [2.24, 2.45) is 16.6 Å². The van der Waals surface area contributed by atoms with E-state index < -0.39 is 10.0 Å². The minimum atomic E-state index is -3.33. The lowest BCUT2D eigenvalue weighted by atomic mass is 10.00. The first-order chi connectivity index (χ1) is 11.0. The van der Waals surface area contributed by atoms with Gasteiger partial charge in [0.25, 0.3) is 0 Å². The van der Waals surface area contributed by atoms with E-state index >= 15 is 0 Å². The first kappa shape index (κ1) is 21.9. The Bertz CT molecular complexity index is 487. The molecule has 1 unspecified atom stereocenters. The second kappa shape index (κ2) is 10.8. The molecule has 0 saturated carbocycles. The number of ether oxygens (including phenoxy) is 1. The Hall–Kier alpha value is -0.130. The summed E-state index contributed by atoms with van der Waals surface area (Å²) >= 11 is 0. The number of aliphatic imine (C=N–C) groups is 1. The maximum atomic E-state index is 12.0. The number of nitrogens with zero attached hydrogens (tertiary/aromatic N) is 2. The van der Waals surface area contributed by atoms with Crippen LogP contribution in [0.25, 0.3) is 0 Å². The van der Waals surface area contributed by atoms with Gasteiger partial charge in [-0.25, -0.2) is 13.1 Å². The highest BCUT2D eigenvalue weighted by atomic mass is 127. The number of nitrogens with two attached hydrogens (primary N) is 1. The van der Waals surface area contributed by atoms with Gasteiger partial charge in [-0.15, -0.1) is 24.0 Å². The highest BCUT2D eigenvalue weighted by Gasteiger charge is 2.19. The molecule has 0 bridgehead atoms. The molecule has 3 N–H and O–H groups in total. The Kier molecular flexibility index (Phi) is 9.83. The zero-order chi connectivity index (χ0) is 16.7. The molecule has 0 aromatic heterocycles. The Morgan fingerprint density at radius 1 is 1.29 bits per heavy atom. The third-order valence-corrected chi connectivity index (χ3v) is 5.87. The minimum Gasteiger partial charge on any atom is -0.377 e. The van der Waals surface area contributed by atoms with E-state index in [9.17, 15) is 8.42 Å². The number of nitrogens with one attached hydrogen (secondary N) is 1. The van der Waals surface area contributed by atoms with Crippen LogP contribution >= 0.6 is 24.0 Å². The van der Waals surface area contributed by atoms with Gasteiger partial charge in [-0.3, -0.25) is 4.99 Å². The Morgan fingerprint density at radius 3 is 2.62 bits per heavy atom. The number of piperidine rings is 1. The number of hydrogen-bond donors (Lipinski definition) is 2. The van der Waals surface area contributed by atoms with Gasteiger partial charge in [0.2, 0.25) is 10.0 Å². The van der Waals surface area contributed by atoms with E-state index in [0.717, 1.165) is 57.7 Å². The molecule has 2 rings (SSSR count). The highest BCUT2D eigenvalue weighted by Crippen LogP contribution is 2.15. The molecule has 7 nitrogen and oxygen atoms in total. The third-order valence-electron chi connectivity index (χ3n) is 4.55. The summed E-state index contributed by atoms with van der Waals surface area (Å²) in [6.45, 7) is 5.31. The van der Waals surface area contributed by atoms with Crippen LogP contribution in [0.1, 0.15) is 39.0 Å². The lowest BCUT2D eigenvalue weighted by Gasteiger charge is -2.31. The van der Waals surface area contributed by atoms with Gasteiger partial charge in [0.05, 0.1) is 18.4 Å². The summed E-state index contributed by atoms with van der Waals surface area (Å²) in [6.07, 6.45) is 5.30. The Labute approximate surface area is 162 Å². The first-order valence-electron chi connectivity index (χ1n) is 8.60. The number of guanidine groups is 1. The van der Waals surface area contributed by atoms with Gasteiger partial charge in [-0.05, 0) is 38.0 Å². The van der Waals surface area contributed by atoms with Crippen molar-refractivity contribution in [3.63, 3.8) is 0 Å². The third kappa shape index (κ3) is 7.83. The number of likely N-dealkylation sites (tertiary alicyclic amines) is 1. The molecule has 142 valence electrons. The van der Waals surface area contributed by atoms with Crippen molar-refractivity contribution < 1.29 is 13.2 Å². The van der Waals surface area contributed by atoms with Crippen LogP contribution in [-0.4, -0.2) is 63.9 Å². The number of halogens is 1. The Balaban J connectivity index is 0.00000288. The second-order valence-electron chi connectivity index (χ2n) is 6.57. The fraction of sp³-hybridized carbons (Fsp3) is 0.933. The van der Waals surface area contributed by atoms with Gasteiger partial charge in [0.1, 0.15) is 0 Å². The van der Waals surface area contributed by atoms with E-state index in [1.807, 2.05) is 4.90 Å². The fourth-order valence-corrected chi connectivity index (χ4v) is 3.79. The molecule has 2 heterocycles. The minimum absolute atomic E-state index is 0. The van der Waals surface area contributed by atoms with E-state index in [2.05, 4.69) is 16.6 Å². The van der Waals surface area contributed by atoms with Crippen LogP contribution < -0.4 is 10.5 Å². The van der Waals surface area contributed by atoms with Crippen molar-refractivity contribution in [1.82, 2.24) is 9.62 Å². The molecule has 0 amide bonds. The summed E-state index contributed by atoms with van der Waals surface area (Å²) < 4.78 is 32.1. The number of rotatable bonds is 6. The molecule has 0 aromatic rings. The molecule has 1 atom stereocenters. The molecular formula is C15H31IN4O3S. The van der Waals surface area contributed by atoms with E-state index in [1.54, 1.807) is 0 Å². The first-order valence-corrected chi connectivity index (χ1v) is 10.3. The quantitative estimate of drug-likeness (QED) is 0.342. The van der Waals surface area contributed by atoms with E-state index in [0.29, 0.717) is 12.5 Å². The van der Waals surface area contributed by atoms with Gasteiger partial charge in [-0.2, -0.15) is 0 Å². The van der Waals surface area contributed by atoms with Crippen molar-refractivity contribution in [2.75, 3.05) is 38.5 Å². The van der Waals surface area contributed by atoms with E-state index in [4.69, 9.17) is 10.5 Å². The fourth-order valence-electron chi connectivity index (χ4n) is 2.88. The maximum absolute atomic E-state index is 12.0. The molecule has 0 aromatic carbocycles. The van der Waals surface area contributed by atoms with Crippen molar-refractivity contribution in [1.29, 1.82) is 0 Å². The second-order valence-corrected chi connectivity index (χ2v) is 8.49. The summed E-state index contributed by atoms with van der Waals surface area (Å²) in [5, 5.41) is 0. The van der Waals surface area contributed by atoms with Crippen molar-refractivity contribution in [3.8, 4) is 0 Å². The predicted molar refractivity (Wildman–Crippen MR) is 107 cm³/mol. The summed E-state index contributed by atoms with van der Waals surface area (Å²) in [5.74, 6) is 1.15. The molecule has 0 spiro atoms. The number of sulfonamides is 1. The van der Waals surface area contributed by atoms with Crippen LogP contribution in [0.3, 0.4) is 0 Å². The largest absolute Gasteiger partial charge is 0.377 e. The molecule has 0 aliphatic carbocycles. The van der Waals surface area contributed by atoms with Gasteiger partial charge >= 0.3 is 0 Å². The van der Waals surface area contributed by atoms with Gasteiger partial charge in [-0.1, -0.05) is 6.92 Å². The lowest BCUT2D eigenvalue weighted by Crippen LogP contribution is -2.43. The molecule has 2 aliphatic rings. The van der Waals surface area contributed by atoms with Crippen LogP contribution in [0.15, 0.2) is 4.99 Å². The van der Waals surface area contributed by atoms with Crippen molar-refractivity contribution >= 4 is 40.0 Å². The SMILES string of the molecule is CC1CCN(C(N)=NCCS(=O)(=O)NCC2CCCCO2)CC1.I. The predicted octanol–water partition coefficient (Wildman–Crippen LogP) is 1.14. The molecule has 0 radical (unpaired) electrons. The van der Waals surface area contributed by atoms with Crippen LogP contribution in [0.5, 0.6) is 0 Å². The van der Waals surface area contributed by atoms with E-state index in [-0.39, 0.29) is 42.4 Å². The smallest absolute Gasteiger partial charge is 0.213 e. The lowest BCUT2D eigenvalue weighted by molar-refractivity contribution is 0.0200. The van der Waals surface area contributed by atoms with Gasteiger partial charge in [0.15, 0.2) is 5.96 Å². The van der Waals surface area contributed by atoms with Crippen molar-refractivity contribution in [3.05, 3.63) is 0 Å². The normalized spacial score (nSPS) is 23.8.